The highest BCUT2D eigenvalue weighted by molar-refractivity contribution is 6.00. The Morgan fingerprint density at radius 3 is 2.62 bits per heavy atom. The number of piperidine rings is 1. The van der Waals surface area contributed by atoms with Crippen LogP contribution in [0.15, 0.2) is 60.8 Å². The van der Waals surface area contributed by atoms with E-state index in [9.17, 15) is 4.79 Å². The highest BCUT2D eigenvalue weighted by Crippen LogP contribution is 2.24. The maximum Gasteiger partial charge on any atom is 0.226 e. The maximum absolute atomic E-state index is 12.3. The molecule has 0 aliphatic carbocycles. The normalized spacial score (nSPS) is 14.7. The van der Waals surface area contributed by atoms with E-state index in [4.69, 9.17) is 0 Å². The predicted octanol–water partition coefficient (Wildman–Crippen LogP) is 4.91. The first-order valence-corrected chi connectivity index (χ1v) is 10.4. The molecular formula is C24H28N4O. The number of rotatable bonds is 6. The minimum Gasteiger partial charge on any atom is -0.385 e. The number of fused-ring (bicyclic) bond motifs is 1. The van der Waals surface area contributed by atoms with E-state index in [1.54, 1.807) is 6.20 Å². The van der Waals surface area contributed by atoms with Crippen LogP contribution in [0.25, 0.3) is 10.9 Å². The SMILES string of the molecule is CC1CCN(c2ccc(NCCC(=O)Nc3cccc4cccnc34)cc2)CC1. The third-order valence-corrected chi connectivity index (χ3v) is 5.60. The fourth-order valence-corrected chi connectivity index (χ4v) is 3.80. The fourth-order valence-electron chi connectivity index (χ4n) is 3.80. The number of hydrogen-bond donors (Lipinski definition) is 2. The van der Waals surface area contributed by atoms with Crippen LogP contribution in [0.4, 0.5) is 17.1 Å². The van der Waals surface area contributed by atoms with Gasteiger partial charge < -0.3 is 15.5 Å². The number of para-hydroxylation sites is 1. The molecule has 1 fully saturated rings. The Balaban J connectivity index is 1.27. The molecule has 1 amide bonds. The van der Waals surface area contributed by atoms with E-state index >= 15 is 0 Å². The molecule has 150 valence electrons. The van der Waals surface area contributed by atoms with E-state index in [1.165, 1.54) is 18.5 Å². The fraction of sp³-hybridized carbons (Fsp3) is 0.333. The van der Waals surface area contributed by atoms with Gasteiger partial charge in [-0.05, 0) is 55.2 Å². The van der Waals surface area contributed by atoms with Crippen LogP contribution in [-0.2, 0) is 4.79 Å². The summed E-state index contributed by atoms with van der Waals surface area (Å²) >= 11 is 0. The molecule has 1 aromatic heterocycles. The number of carbonyl (C=O) groups is 1. The van der Waals surface area contributed by atoms with E-state index in [0.29, 0.717) is 13.0 Å². The number of pyridine rings is 1. The van der Waals surface area contributed by atoms with Gasteiger partial charge in [-0.2, -0.15) is 0 Å². The number of nitrogens with one attached hydrogen (secondary N) is 2. The first-order valence-electron chi connectivity index (χ1n) is 10.4. The topological polar surface area (TPSA) is 57.3 Å². The van der Waals surface area contributed by atoms with E-state index in [2.05, 4.69) is 51.7 Å². The van der Waals surface area contributed by atoms with Crippen molar-refractivity contribution >= 4 is 33.9 Å². The van der Waals surface area contributed by atoms with Crippen molar-refractivity contribution in [2.24, 2.45) is 5.92 Å². The Morgan fingerprint density at radius 2 is 1.83 bits per heavy atom. The monoisotopic (exact) mass is 388 g/mol. The minimum atomic E-state index is -0.0188. The molecule has 0 radical (unpaired) electrons. The molecule has 0 saturated carbocycles. The van der Waals surface area contributed by atoms with Crippen LogP contribution in [-0.4, -0.2) is 30.5 Å². The minimum absolute atomic E-state index is 0.0188. The molecule has 0 bridgehead atoms. The molecule has 1 aliphatic rings. The van der Waals surface area contributed by atoms with Gasteiger partial charge in [-0.15, -0.1) is 0 Å². The highest BCUT2D eigenvalue weighted by atomic mass is 16.1. The Kier molecular flexibility index (Phi) is 5.94. The van der Waals surface area contributed by atoms with Crippen LogP contribution in [0.1, 0.15) is 26.2 Å². The van der Waals surface area contributed by atoms with E-state index in [0.717, 1.165) is 41.3 Å². The number of amides is 1. The number of hydrogen-bond acceptors (Lipinski definition) is 4. The number of nitrogens with zero attached hydrogens (tertiary/aromatic N) is 2. The number of carbonyl (C=O) groups excluding carboxylic acids is 1. The van der Waals surface area contributed by atoms with E-state index in [1.807, 2.05) is 30.3 Å². The second-order valence-corrected chi connectivity index (χ2v) is 7.82. The smallest absolute Gasteiger partial charge is 0.226 e. The molecule has 1 saturated heterocycles. The molecule has 2 N–H and O–H groups in total. The molecule has 4 rings (SSSR count). The second kappa shape index (κ2) is 8.95. The molecule has 2 heterocycles. The average Bonchev–Trinajstić information content (AvgIpc) is 2.75. The second-order valence-electron chi connectivity index (χ2n) is 7.82. The summed E-state index contributed by atoms with van der Waals surface area (Å²) in [6, 6.07) is 18.2. The molecule has 29 heavy (non-hydrogen) atoms. The first-order chi connectivity index (χ1) is 14.2. The van der Waals surface area contributed by atoms with Crippen molar-refractivity contribution in [3.63, 3.8) is 0 Å². The van der Waals surface area contributed by atoms with E-state index < -0.39 is 0 Å². The lowest BCUT2D eigenvalue weighted by Gasteiger charge is -2.32. The maximum atomic E-state index is 12.3. The van der Waals surface area contributed by atoms with Crippen LogP contribution in [0, 0.1) is 5.92 Å². The van der Waals surface area contributed by atoms with Crippen molar-refractivity contribution in [3.8, 4) is 0 Å². The summed E-state index contributed by atoms with van der Waals surface area (Å²) in [7, 11) is 0. The van der Waals surface area contributed by atoms with Crippen molar-refractivity contribution < 1.29 is 4.79 Å². The molecule has 5 nitrogen and oxygen atoms in total. The Morgan fingerprint density at radius 1 is 1.07 bits per heavy atom. The molecule has 0 atom stereocenters. The zero-order valence-corrected chi connectivity index (χ0v) is 16.9. The summed E-state index contributed by atoms with van der Waals surface area (Å²) in [5.41, 5.74) is 3.90. The summed E-state index contributed by atoms with van der Waals surface area (Å²) in [6.45, 7) is 5.19. The van der Waals surface area contributed by atoms with Crippen molar-refractivity contribution in [2.75, 3.05) is 35.2 Å². The van der Waals surface area contributed by atoms with E-state index in [-0.39, 0.29) is 5.91 Å². The van der Waals surface area contributed by atoms with Gasteiger partial charge in [0.2, 0.25) is 5.91 Å². The van der Waals surface area contributed by atoms with Crippen LogP contribution in [0.3, 0.4) is 0 Å². The summed E-state index contributed by atoms with van der Waals surface area (Å²) in [5, 5.41) is 7.34. The standard InChI is InChI=1S/C24H28N4O/c1-18-12-16-28(17-13-18)21-9-7-20(8-10-21)25-15-11-23(29)27-22-6-2-4-19-5-3-14-26-24(19)22/h2-10,14,18,25H,11-13,15-17H2,1H3,(H,27,29). The summed E-state index contributed by atoms with van der Waals surface area (Å²) in [4.78, 5) is 19.2. The van der Waals surface area contributed by atoms with Gasteiger partial charge in [0.15, 0.2) is 0 Å². The van der Waals surface area contributed by atoms with Crippen molar-refractivity contribution in [2.45, 2.75) is 26.2 Å². The summed E-state index contributed by atoms with van der Waals surface area (Å²) in [6.07, 6.45) is 4.67. The van der Waals surface area contributed by atoms with Crippen LogP contribution < -0.4 is 15.5 Å². The zero-order chi connectivity index (χ0) is 20.1. The Labute approximate surface area is 172 Å². The van der Waals surface area contributed by atoms with Crippen LogP contribution >= 0.6 is 0 Å². The molecule has 1 aliphatic heterocycles. The Hall–Kier alpha value is -3.08. The number of aromatic nitrogens is 1. The average molecular weight is 389 g/mol. The lowest BCUT2D eigenvalue weighted by atomic mass is 9.99. The molecule has 3 aromatic rings. The van der Waals surface area contributed by atoms with Gasteiger partial charge in [-0.1, -0.05) is 25.1 Å². The van der Waals surface area contributed by atoms with Crippen LogP contribution in [0.2, 0.25) is 0 Å². The van der Waals surface area contributed by atoms with Gasteiger partial charge >= 0.3 is 0 Å². The quantitative estimate of drug-likeness (QED) is 0.630. The first kappa shape index (κ1) is 19.2. The van der Waals surface area contributed by atoms with Gasteiger partial charge in [0, 0.05) is 49.0 Å². The Bertz CT molecular complexity index is 957. The van der Waals surface area contributed by atoms with Crippen molar-refractivity contribution in [1.82, 2.24) is 4.98 Å². The number of anilines is 3. The third-order valence-electron chi connectivity index (χ3n) is 5.60. The predicted molar refractivity (Wildman–Crippen MR) is 121 cm³/mol. The van der Waals surface area contributed by atoms with Crippen molar-refractivity contribution in [1.29, 1.82) is 0 Å². The van der Waals surface area contributed by atoms with Crippen molar-refractivity contribution in [3.05, 3.63) is 60.8 Å². The van der Waals surface area contributed by atoms with Gasteiger partial charge in [0.05, 0.1) is 11.2 Å². The zero-order valence-electron chi connectivity index (χ0n) is 16.9. The number of benzene rings is 2. The highest BCUT2D eigenvalue weighted by Gasteiger charge is 2.15. The largest absolute Gasteiger partial charge is 0.385 e. The van der Waals surface area contributed by atoms with Gasteiger partial charge in [-0.25, -0.2) is 0 Å². The summed E-state index contributed by atoms with van der Waals surface area (Å²) < 4.78 is 0. The summed E-state index contributed by atoms with van der Waals surface area (Å²) in [5.74, 6) is 0.817. The van der Waals surface area contributed by atoms with Gasteiger partial charge in [0.25, 0.3) is 0 Å². The molecule has 0 spiro atoms. The molecule has 2 aromatic carbocycles. The lowest BCUT2D eigenvalue weighted by Crippen LogP contribution is -2.32. The van der Waals surface area contributed by atoms with Crippen LogP contribution in [0.5, 0.6) is 0 Å². The van der Waals surface area contributed by atoms with Gasteiger partial charge in [-0.3, -0.25) is 9.78 Å². The lowest BCUT2D eigenvalue weighted by molar-refractivity contribution is -0.115. The molecule has 0 unspecified atom stereocenters. The molecule has 5 heteroatoms. The molecular weight excluding hydrogens is 360 g/mol. The van der Waals surface area contributed by atoms with Gasteiger partial charge in [0.1, 0.15) is 0 Å². The third kappa shape index (κ3) is 4.86.